The summed E-state index contributed by atoms with van der Waals surface area (Å²) < 4.78 is 11.0. The molecule has 0 aliphatic carbocycles. The van der Waals surface area contributed by atoms with Gasteiger partial charge >= 0.3 is 0 Å². The van der Waals surface area contributed by atoms with Crippen LogP contribution >= 0.6 is 0 Å². The molecule has 0 bridgehead atoms. The zero-order valence-corrected chi connectivity index (χ0v) is 9.05. The van der Waals surface area contributed by atoms with Crippen LogP contribution in [0.5, 0.6) is 0 Å². The molecular formula is C11H15NO2. The van der Waals surface area contributed by atoms with Gasteiger partial charge in [0.15, 0.2) is 5.76 Å². The van der Waals surface area contributed by atoms with E-state index in [1.807, 2.05) is 33.8 Å². The second-order valence-electron chi connectivity index (χ2n) is 4.37. The predicted molar refractivity (Wildman–Crippen MR) is 54.8 cm³/mol. The minimum absolute atomic E-state index is 0.121. The van der Waals surface area contributed by atoms with Gasteiger partial charge in [-0.05, 0) is 39.3 Å². The smallest absolute Gasteiger partial charge is 0.253 e. The molecule has 0 radical (unpaired) electrons. The number of nitrogens with zero attached hydrogens (tertiary/aromatic N) is 1. The molecule has 0 aromatic carbocycles. The highest BCUT2D eigenvalue weighted by molar-refractivity contribution is 5.93. The molecule has 14 heavy (non-hydrogen) atoms. The van der Waals surface area contributed by atoms with Crippen molar-refractivity contribution < 1.29 is 9.15 Å². The highest BCUT2D eigenvalue weighted by Gasteiger charge is 2.28. The van der Waals surface area contributed by atoms with Gasteiger partial charge in [-0.15, -0.1) is 0 Å². The Balaban J connectivity index is 2.33. The maximum atomic E-state index is 5.54. The SMILES string of the molecule is Cc1cc(C2=NC(C)(C)CO2)oc1C. The normalized spacial score (nSPS) is 19.3. The fourth-order valence-electron chi connectivity index (χ4n) is 1.39. The first-order chi connectivity index (χ1) is 6.48. The third-order valence-corrected chi connectivity index (χ3v) is 2.34. The van der Waals surface area contributed by atoms with Gasteiger partial charge in [-0.1, -0.05) is 0 Å². The van der Waals surface area contributed by atoms with Gasteiger partial charge in [0.2, 0.25) is 0 Å². The van der Waals surface area contributed by atoms with Crippen molar-refractivity contribution in [1.29, 1.82) is 0 Å². The second kappa shape index (κ2) is 2.87. The lowest BCUT2D eigenvalue weighted by atomic mass is 10.1. The van der Waals surface area contributed by atoms with Crippen LogP contribution in [0.4, 0.5) is 0 Å². The second-order valence-corrected chi connectivity index (χ2v) is 4.37. The van der Waals surface area contributed by atoms with E-state index in [1.54, 1.807) is 0 Å². The zero-order chi connectivity index (χ0) is 10.3. The predicted octanol–water partition coefficient (Wildman–Crippen LogP) is 2.45. The molecule has 1 aromatic rings. The third kappa shape index (κ3) is 1.54. The lowest BCUT2D eigenvalue weighted by Gasteiger charge is -2.07. The van der Waals surface area contributed by atoms with Crippen LogP contribution in [0.1, 0.15) is 30.9 Å². The molecule has 2 rings (SSSR count). The van der Waals surface area contributed by atoms with E-state index in [-0.39, 0.29) is 5.54 Å². The number of ether oxygens (including phenoxy) is 1. The lowest BCUT2D eigenvalue weighted by Crippen LogP contribution is -2.17. The molecule has 0 fully saturated rings. The molecule has 1 aliphatic rings. The Morgan fingerprint density at radius 3 is 2.50 bits per heavy atom. The average Bonchev–Trinajstić information content (AvgIpc) is 2.57. The minimum Gasteiger partial charge on any atom is -0.473 e. The van der Waals surface area contributed by atoms with Crippen molar-refractivity contribution in [2.24, 2.45) is 4.99 Å². The molecule has 1 aliphatic heterocycles. The summed E-state index contributed by atoms with van der Waals surface area (Å²) >= 11 is 0. The van der Waals surface area contributed by atoms with Crippen LogP contribution < -0.4 is 0 Å². The fraction of sp³-hybridized carbons (Fsp3) is 0.545. The van der Waals surface area contributed by atoms with Crippen LogP contribution in [0.25, 0.3) is 0 Å². The van der Waals surface area contributed by atoms with Crippen molar-refractivity contribution >= 4 is 5.90 Å². The summed E-state index contributed by atoms with van der Waals surface area (Å²) in [4.78, 5) is 4.45. The molecule has 0 spiro atoms. The summed E-state index contributed by atoms with van der Waals surface area (Å²) in [5.41, 5.74) is 1.01. The average molecular weight is 193 g/mol. The van der Waals surface area contributed by atoms with Crippen molar-refractivity contribution in [3.8, 4) is 0 Å². The van der Waals surface area contributed by atoms with E-state index in [9.17, 15) is 0 Å². The number of hydrogen-bond acceptors (Lipinski definition) is 3. The maximum Gasteiger partial charge on any atom is 0.253 e. The van der Waals surface area contributed by atoms with E-state index >= 15 is 0 Å². The molecule has 0 saturated heterocycles. The van der Waals surface area contributed by atoms with Gasteiger partial charge in [-0.2, -0.15) is 0 Å². The van der Waals surface area contributed by atoms with Crippen molar-refractivity contribution in [3.05, 3.63) is 23.2 Å². The van der Waals surface area contributed by atoms with Gasteiger partial charge in [-0.3, -0.25) is 0 Å². The van der Waals surface area contributed by atoms with Gasteiger partial charge < -0.3 is 9.15 Å². The molecule has 2 heterocycles. The Bertz CT molecular complexity index is 368. The van der Waals surface area contributed by atoms with Gasteiger partial charge in [0.05, 0.1) is 5.54 Å². The van der Waals surface area contributed by atoms with Gasteiger partial charge in [-0.25, -0.2) is 4.99 Å². The standard InChI is InChI=1S/C11H15NO2/c1-7-5-9(14-8(7)2)10-12-11(3,4)6-13-10/h5H,6H2,1-4H3. The molecule has 0 N–H and O–H groups in total. The maximum absolute atomic E-state index is 5.54. The number of aryl methyl sites for hydroxylation is 2. The van der Waals surface area contributed by atoms with Crippen LogP contribution in [0.3, 0.4) is 0 Å². The molecule has 0 saturated carbocycles. The van der Waals surface area contributed by atoms with Crippen LogP contribution in [0.2, 0.25) is 0 Å². The number of rotatable bonds is 1. The zero-order valence-electron chi connectivity index (χ0n) is 9.05. The first kappa shape index (κ1) is 9.31. The van der Waals surface area contributed by atoms with Crippen molar-refractivity contribution in [1.82, 2.24) is 0 Å². The summed E-state index contributed by atoms with van der Waals surface area (Å²) in [6.07, 6.45) is 0. The first-order valence-corrected chi connectivity index (χ1v) is 4.78. The van der Waals surface area contributed by atoms with E-state index in [1.165, 1.54) is 0 Å². The summed E-state index contributed by atoms with van der Waals surface area (Å²) in [5.74, 6) is 2.30. The fourth-order valence-corrected chi connectivity index (χ4v) is 1.39. The van der Waals surface area contributed by atoms with Gasteiger partial charge in [0.1, 0.15) is 12.4 Å². The van der Waals surface area contributed by atoms with E-state index in [2.05, 4.69) is 4.99 Å². The highest BCUT2D eigenvalue weighted by atomic mass is 16.5. The molecule has 3 nitrogen and oxygen atoms in total. The Kier molecular flexibility index (Phi) is 1.91. The van der Waals surface area contributed by atoms with Gasteiger partial charge in [0.25, 0.3) is 5.90 Å². The molecule has 76 valence electrons. The van der Waals surface area contributed by atoms with Crippen LogP contribution in [-0.4, -0.2) is 18.0 Å². The summed E-state index contributed by atoms with van der Waals surface area (Å²) in [6.45, 7) is 8.68. The molecule has 3 heteroatoms. The molecule has 1 aromatic heterocycles. The van der Waals surface area contributed by atoms with Crippen molar-refractivity contribution in [2.75, 3.05) is 6.61 Å². The Morgan fingerprint density at radius 2 is 2.07 bits per heavy atom. The Labute approximate surface area is 83.8 Å². The largest absolute Gasteiger partial charge is 0.473 e. The van der Waals surface area contributed by atoms with Crippen molar-refractivity contribution in [3.63, 3.8) is 0 Å². The number of furan rings is 1. The van der Waals surface area contributed by atoms with Gasteiger partial charge in [0, 0.05) is 0 Å². The topological polar surface area (TPSA) is 34.7 Å². The molecule has 0 atom stereocenters. The monoisotopic (exact) mass is 193 g/mol. The summed E-state index contributed by atoms with van der Waals surface area (Å²) in [6, 6.07) is 1.97. The van der Waals surface area contributed by atoms with E-state index in [0.717, 1.165) is 17.1 Å². The minimum atomic E-state index is -0.121. The number of hydrogen-bond donors (Lipinski definition) is 0. The first-order valence-electron chi connectivity index (χ1n) is 4.78. The number of aliphatic imine (C=N–C) groups is 1. The van der Waals surface area contributed by atoms with E-state index in [4.69, 9.17) is 9.15 Å². The van der Waals surface area contributed by atoms with E-state index < -0.39 is 0 Å². The van der Waals surface area contributed by atoms with Crippen LogP contribution in [-0.2, 0) is 4.74 Å². The van der Waals surface area contributed by atoms with Crippen LogP contribution in [0, 0.1) is 13.8 Å². The van der Waals surface area contributed by atoms with Crippen LogP contribution in [0.15, 0.2) is 15.5 Å². The van der Waals surface area contributed by atoms with Crippen molar-refractivity contribution in [2.45, 2.75) is 33.2 Å². The molecule has 0 amide bonds. The van der Waals surface area contributed by atoms with E-state index in [0.29, 0.717) is 12.5 Å². The molecule has 0 unspecified atom stereocenters. The Hall–Kier alpha value is -1.25. The quantitative estimate of drug-likeness (QED) is 0.686. The lowest BCUT2D eigenvalue weighted by molar-refractivity contribution is 0.275. The summed E-state index contributed by atoms with van der Waals surface area (Å²) in [7, 11) is 0. The Morgan fingerprint density at radius 1 is 1.36 bits per heavy atom. The molecular weight excluding hydrogens is 178 g/mol. The summed E-state index contributed by atoms with van der Waals surface area (Å²) in [5, 5.41) is 0. The highest BCUT2D eigenvalue weighted by Crippen LogP contribution is 2.23. The third-order valence-electron chi connectivity index (χ3n) is 2.34.